The van der Waals surface area contributed by atoms with Gasteiger partial charge in [-0.2, -0.15) is 0 Å². The minimum absolute atomic E-state index is 0.00667. The lowest BCUT2D eigenvalue weighted by molar-refractivity contribution is 0.0653. The predicted molar refractivity (Wildman–Crippen MR) is 146 cm³/mol. The summed E-state index contributed by atoms with van der Waals surface area (Å²) in [5, 5.41) is 6.63. The van der Waals surface area contributed by atoms with Crippen LogP contribution in [0.25, 0.3) is 5.69 Å². The van der Waals surface area contributed by atoms with Crippen molar-refractivity contribution in [3.8, 4) is 5.69 Å². The van der Waals surface area contributed by atoms with E-state index >= 15 is 0 Å². The average molecular weight is 556 g/mol. The molecule has 2 aliphatic rings. The predicted octanol–water partition coefficient (Wildman–Crippen LogP) is 3.69. The molecule has 1 fully saturated rings. The Hall–Kier alpha value is -3.40. The number of hydrogen-bond acceptors (Lipinski definition) is 6. The molecule has 2 amide bonds. The van der Waals surface area contributed by atoms with Gasteiger partial charge in [0, 0.05) is 36.4 Å². The lowest BCUT2D eigenvalue weighted by atomic mass is 9.98. The Labute approximate surface area is 229 Å². The van der Waals surface area contributed by atoms with Gasteiger partial charge in [0.05, 0.1) is 40.6 Å². The van der Waals surface area contributed by atoms with E-state index in [0.717, 1.165) is 6.42 Å². The van der Waals surface area contributed by atoms with E-state index in [2.05, 4.69) is 10.6 Å². The molecule has 11 heteroatoms. The van der Waals surface area contributed by atoms with Crippen LogP contribution in [0.15, 0.2) is 47.3 Å². The van der Waals surface area contributed by atoms with Crippen LogP contribution in [0.3, 0.4) is 0 Å². The van der Waals surface area contributed by atoms with Crippen LogP contribution in [0.1, 0.15) is 45.3 Å². The van der Waals surface area contributed by atoms with Gasteiger partial charge < -0.3 is 20.3 Å². The van der Waals surface area contributed by atoms with Gasteiger partial charge in [-0.05, 0) is 62.2 Å². The monoisotopic (exact) mass is 555 g/mol. The van der Waals surface area contributed by atoms with Gasteiger partial charge in [-0.1, -0.05) is 23.2 Å². The van der Waals surface area contributed by atoms with E-state index in [-0.39, 0.29) is 36.0 Å². The van der Waals surface area contributed by atoms with Crippen molar-refractivity contribution in [2.24, 2.45) is 0 Å². The van der Waals surface area contributed by atoms with E-state index < -0.39 is 0 Å². The number of hydrogen-bond donors (Lipinski definition) is 2. The van der Waals surface area contributed by atoms with Gasteiger partial charge in [-0.15, -0.1) is 0 Å². The Morgan fingerprint density at radius 1 is 1.08 bits per heavy atom. The lowest BCUT2D eigenvalue weighted by Crippen LogP contribution is -2.46. The number of rotatable bonds is 5. The molecule has 1 aromatic heterocycles. The highest BCUT2D eigenvalue weighted by molar-refractivity contribution is 6.42. The second kappa shape index (κ2) is 10.8. The Balaban J connectivity index is 1.54. The average Bonchev–Trinajstić information content (AvgIpc) is 3.43. The van der Waals surface area contributed by atoms with Crippen LogP contribution in [-0.2, 0) is 17.7 Å². The molecule has 2 aromatic carbocycles. The summed E-state index contributed by atoms with van der Waals surface area (Å²) in [4.78, 5) is 45.8. The third-order valence-electron chi connectivity index (χ3n) is 6.92. The maximum absolute atomic E-state index is 13.9. The molecule has 1 saturated heterocycles. The van der Waals surface area contributed by atoms with Gasteiger partial charge in [0.25, 0.3) is 17.4 Å². The Bertz CT molecular complexity index is 1450. The van der Waals surface area contributed by atoms with E-state index in [9.17, 15) is 14.4 Å². The maximum Gasteiger partial charge on any atom is 0.263 e. The van der Waals surface area contributed by atoms with Crippen LogP contribution in [0.5, 0.6) is 0 Å². The zero-order valence-electron chi connectivity index (χ0n) is 21.0. The molecule has 0 saturated carbocycles. The first kappa shape index (κ1) is 26.2. The molecule has 0 spiro atoms. The molecule has 2 atom stereocenters. The summed E-state index contributed by atoms with van der Waals surface area (Å²) in [7, 11) is 1.57. The van der Waals surface area contributed by atoms with E-state index in [4.69, 9.17) is 32.9 Å². The fraction of sp³-hybridized carbons (Fsp3) is 0.333. The normalized spacial score (nSPS) is 18.7. The number of amides is 2. The zero-order chi connectivity index (χ0) is 27.0. The van der Waals surface area contributed by atoms with Crippen LogP contribution >= 0.6 is 23.2 Å². The molecular weight excluding hydrogens is 529 g/mol. The molecular formula is C27H27Cl2N5O4. The molecule has 38 heavy (non-hydrogen) atoms. The van der Waals surface area contributed by atoms with Crippen molar-refractivity contribution in [1.82, 2.24) is 19.8 Å². The third-order valence-corrected chi connectivity index (χ3v) is 7.66. The largest absolute Gasteiger partial charge is 0.379 e. The maximum atomic E-state index is 13.9. The molecule has 198 valence electrons. The van der Waals surface area contributed by atoms with Gasteiger partial charge in [0.1, 0.15) is 0 Å². The molecule has 9 nitrogen and oxygen atoms in total. The van der Waals surface area contributed by atoms with E-state index in [1.54, 1.807) is 54.4 Å². The first-order chi connectivity index (χ1) is 18.3. The van der Waals surface area contributed by atoms with Crippen molar-refractivity contribution in [2.45, 2.75) is 38.4 Å². The molecule has 0 aliphatic carbocycles. The SMILES string of the molecule is CNC(=O)c1ccc(-n2c(NC3CCOC3)nc3c(c2=O)C[C@@H](C)N(C(=O)c2ccc(Cl)c(Cl)c2)C3)cc1. The summed E-state index contributed by atoms with van der Waals surface area (Å²) in [6.45, 7) is 3.21. The van der Waals surface area contributed by atoms with Crippen molar-refractivity contribution in [3.63, 3.8) is 0 Å². The number of benzene rings is 2. The Morgan fingerprint density at radius 2 is 1.82 bits per heavy atom. The summed E-state index contributed by atoms with van der Waals surface area (Å²) >= 11 is 12.2. The molecule has 5 rings (SSSR count). The summed E-state index contributed by atoms with van der Waals surface area (Å²) in [6.07, 6.45) is 1.12. The van der Waals surface area contributed by atoms with Gasteiger partial charge in [-0.25, -0.2) is 9.55 Å². The van der Waals surface area contributed by atoms with Crippen molar-refractivity contribution in [1.29, 1.82) is 0 Å². The fourth-order valence-corrected chi connectivity index (χ4v) is 5.10. The number of carbonyl (C=O) groups excluding carboxylic acids is 2. The van der Waals surface area contributed by atoms with Crippen molar-refractivity contribution < 1.29 is 14.3 Å². The quantitative estimate of drug-likeness (QED) is 0.497. The Morgan fingerprint density at radius 3 is 2.47 bits per heavy atom. The van der Waals surface area contributed by atoms with Crippen LogP contribution in [0.2, 0.25) is 10.0 Å². The highest BCUT2D eigenvalue weighted by atomic mass is 35.5. The van der Waals surface area contributed by atoms with Gasteiger partial charge >= 0.3 is 0 Å². The number of anilines is 1. The van der Waals surface area contributed by atoms with Gasteiger partial charge in [0.15, 0.2) is 0 Å². The van der Waals surface area contributed by atoms with Gasteiger partial charge in [0.2, 0.25) is 5.95 Å². The standard InChI is InChI=1S/C27H27Cl2N5O4/c1-15-11-20-23(13-33(15)25(36)17-5-8-21(28)22(29)12-17)32-27(31-18-9-10-38-14-18)34(26(20)37)19-6-3-16(4-7-19)24(35)30-2/h3-8,12,15,18H,9-11,13-14H2,1-2H3,(H,30,35)(H,31,32)/t15-,18?/m1/s1. The number of nitrogens with zero attached hydrogens (tertiary/aromatic N) is 3. The molecule has 0 radical (unpaired) electrons. The molecule has 3 aromatic rings. The first-order valence-electron chi connectivity index (χ1n) is 12.3. The number of fused-ring (bicyclic) bond motifs is 1. The Kier molecular flexibility index (Phi) is 7.43. The minimum atomic E-state index is -0.245. The number of aromatic nitrogens is 2. The first-order valence-corrected chi connectivity index (χ1v) is 13.1. The third kappa shape index (κ3) is 5.01. The fourth-order valence-electron chi connectivity index (χ4n) is 4.80. The molecule has 0 bridgehead atoms. The summed E-state index contributed by atoms with van der Waals surface area (Å²) in [6, 6.07) is 11.3. The number of nitrogens with one attached hydrogen (secondary N) is 2. The summed E-state index contributed by atoms with van der Waals surface area (Å²) in [5.74, 6) is -0.0564. The molecule has 3 heterocycles. The minimum Gasteiger partial charge on any atom is -0.379 e. The molecule has 2 aliphatic heterocycles. The summed E-state index contributed by atoms with van der Waals surface area (Å²) in [5.41, 5.74) is 2.37. The molecule has 1 unspecified atom stereocenters. The second-order valence-corrected chi connectivity index (χ2v) is 10.3. The smallest absolute Gasteiger partial charge is 0.263 e. The summed E-state index contributed by atoms with van der Waals surface area (Å²) < 4.78 is 7.04. The van der Waals surface area contributed by atoms with E-state index in [1.807, 2.05) is 6.92 Å². The second-order valence-electron chi connectivity index (χ2n) is 9.45. The van der Waals surface area contributed by atoms with Crippen molar-refractivity contribution in [2.75, 3.05) is 25.6 Å². The highest BCUT2D eigenvalue weighted by Gasteiger charge is 2.32. The van der Waals surface area contributed by atoms with Crippen LogP contribution in [-0.4, -0.2) is 58.6 Å². The topological polar surface area (TPSA) is 106 Å². The van der Waals surface area contributed by atoms with Crippen molar-refractivity contribution in [3.05, 3.63) is 85.2 Å². The number of ether oxygens (including phenoxy) is 1. The van der Waals surface area contributed by atoms with Crippen LogP contribution in [0.4, 0.5) is 5.95 Å². The lowest BCUT2D eigenvalue weighted by Gasteiger charge is -2.35. The van der Waals surface area contributed by atoms with Crippen LogP contribution < -0.4 is 16.2 Å². The van der Waals surface area contributed by atoms with Crippen LogP contribution in [0, 0.1) is 0 Å². The van der Waals surface area contributed by atoms with Gasteiger partial charge in [-0.3, -0.25) is 14.4 Å². The van der Waals surface area contributed by atoms with E-state index in [0.29, 0.717) is 63.7 Å². The highest BCUT2D eigenvalue weighted by Crippen LogP contribution is 2.28. The van der Waals surface area contributed by atoms with E-state index in [1.165, 1.54) is 4.57 Å². The zero-order valence-corrected chi connectivity index (χ0v) is 22.5. The number of halogens is 2. The molecule has 2 N–H and O–H groups in total. The van der Waals surface area contributed by atoms with Crippen molar-refractivity contribution >= 4 is 41.0 Å². The number of carbonyl (C=O) groups is 2.